The Bertz CT molecular complexity index is 1140. The molecular weight excluding hydrogens is 808 g/mol. The lowest BCUT2D eigenvalue weighted by molar-refractivity contribution is -0.870. The Morgan fingerprint density at radius 1 is 0.540 bits per heavy atom. The first-order chi connectivity index (χ1) is 30.4. The molecule has 0 aliphatic rings. The van der Waals surface area contributed by atoms with E-state index >= 15 is 0 Å². The molecular formula is C53H103N2O7P. The van der Waals surface area contributed by atoms with Crippen molar-refractivity contribution >= 4 is 19.7 Å². The molecule has 10 heteroatoms. The number of quaternary nitrogens is 1. The van der Waals surface area contributed by atoms with Gasteiger partial charge in [0.05, 0.1) is 33.8 Å². The van der Waals surface area contributed by atoms with Crippen molar-refractivity contribution in [2.45, 2.75) is 264 Å². The van der Waals surface area contributed by atoms with Gasteiger partial charge in [0.2, 0.25) is 5.91 Å². The van der Waals surface area contributed by atoms with E-state index in [1.54, 1.807) is 0 Å². The zero-order valence-corrected chi connectivity index (χ0v) is 43.2. The number of ether oxygens (including phenoxy) is 1. The molecule has 0 aromatic heterocycles. The molecule has 372 valence electrons. The minimum Gasteiger partial charge on any atom is -0.756 e. The van der Waals surface area contributed by atoms with E-state index in [1.807, 2.05) is 33.3 Å². The van der Waals surface area contributed by atoms with Gasteiger partial charge in [-0.2, -0.15) is 0 Å². The molecule has 1 amide bonds. The van der Waals surface area contributed by atoms with Crippen LogP contribution in [0.1, 0.15) is 252 Å². The Balaban J connectivity index is 5.43. The number of rotatable bonds is 48. The van der Waals surface area contributed by atoms with Gasteiger partial charge >= 0.3 is 5.97 Å². The van der Waals surface area contributed by atoms with Crippen molar-refractivity contribution in [2.75, 3.05) is 40.9 Å². The van der Waals surface area contributed by atoms with Gasteiger partial charge in [0.25, 0.3) is 7.82 Å². The maximum atomic E-state index is 13.4. The van der Waals surface area contributed by atoms with Crippen LogP contribution in [0.3, 0.4) is 0 Å². The summed E-state index contributed by atoms with van der Waals surface area (Å²) in [6.45, 7) is 6.82. The topological polar surface area (TPSA) is 114 Å². The van der Waals surface area contributed by atoms with Crippen LogP contribution < -0.4 is 10.2 Å². The highest BCUT2D eigenvalue weighted by Gasteiger charge is 2.27. The molecule has 0 aromatic carbocycles. The molecule has 0 saturated carbocycles. The van der Waals surface area contributed by atoms with E-state index in [2.05, 4.69) is 38.2 Å². The normalized spacial score (nSPS) is 14.1. The van der Waals surface area contributed by atoms with Gasteiger partial charge in [-0.25, -0.2) is 0 Å². The van der Waals surface area contributed by atoms with Crippen molar-refractivity contribution in [3.05, 3.63) is 24.3 Å². The third-order valence-electron chi connectivity index (χ3n) is 11.9. The Hall–Kier alpha value is -1.51. The summed E-state index contributed by atoms with van der Waals surface area (Å²) in [5.41, 5.74) is 0. The molecule has 0 fully saturated rings. The van der Waals surface area contributed by atoms with Crippen molar-refractivity contribution in [1.82, 2.24) is 5.32 Å². The molecule has 0 saturated heterocycles. The first kappa shape index (κ1) is 61.5. The average Bonchev–Trinajstić information content (AvgIpc) is 3.23. The number of hydrogen-bond donors (Lipinski definition) is 1. The average molecular weight is 911 g/mol. The van der Waals surface area contributed by atoms with Gasteiger partial charge in [-0.3, -0.25) is 14.2 Å². The molecule has 0 spiro atoms. The van der Waals surface area contributed by atoms with Gasteiger partial charge in [-0.05, 0) is 57.4 Å². The summed E-state index contributed by atoms with van der Waals surface area (Å²) in [6, 6.07) is -0.885. The fraction of sp³-hybridized carbons (Fsp3) is 0.887. The number of amides is 1. The highest BCUT2D eigenvalue weighted by atomic mass is 31.2. The third kappa shape index (κ3) is 45.4. The minimum absolute atomic E-state index is 0.0215. The molecule has 3 atom stereocenters. The van der Waals surface area contributed by atoms with Crippen molar-refractivity contribution in [3.8, 4) is 0 Å². The lowest BCUT2D eigenvalue weighted by Crippen LogP contribution is -2.47. The fourth-order valence-electron chi connectivity index (χ4n) is 7.69. The number of allylic oxidation sites excluding steroid dienone is 3. The molecule has 0 aliphatic heterocycles. The molecule has 63 heavy (non-hydrogen) atoms. The molecule has 0 rings (SSSR count). The number of carbonyl (C=O) groups is 2. The van der Waals surface area contributed by atoms with Crippen LogP contribution in [-0.4, -0.2) is 69.4 Å². The Morgan fingerprint density at radius 2 is 0.921 bits per heavy atom. The standard InChI is InChI=1S/C53H103N2O7P/c1-7-10-13-16-19-22-25-27-28-31-34-37-40-43-46-53(57)62-51(44-41-38-35-32-30-26-23-20-17-14-11-8-2)50(49-61-63(58,59)60-48-47-55(4,5)6)54-52(56)45-42-39-36-33-29-24-21-18-15-12-9-3/h28,31,41,44,50-51H,7-27,29-30,32-40,42-43,45-49H2,1-6H3,(H-,54,56,58,59)/b31-28-,44-41+. The Kier molecular flexibility index (Phi) is 43.3. The summed E-state index contributed by atoms with van der Waals surface area (Å²) >= 11 is 0. The van der Waals surface area contributed by atoms with Crippen molar-refractivity contribution in [2.24, 2.45) is 0 Å². The zero-order valence-electron chi connectivity index (χ0n) is 42.3. The smallest absolute Gasteiger partial charge is 0.306 e. The van der Waals surface area contributed by atoms with Crippen molar-refractivity contribution in [3.63, 3.8) is 0 Å². The van der Waals surface area contributed by atoms with Crippen LogP contribution >= 0.6 is 7.82 Å². The second-order valence-electron chi connectivity index (χ2n) is 19.4. The number of hydrogen-bond acceptors (Lipinski definition) is 7. The van der Waals surface area contributed by atoms with E-state index in [0.29, 0.717) is 23.9 Å². The first-order valence-electron chi connectivity index (χ1n) is 26.6. The summed E-state index contributed by atoms with van der Waals surface area (Å²) < 4.78 is 30.1. The molecule has 0 radical (unpaired) electrons. The predicted octanol–water partition coefficient (Wildman–Crippen LogP) is 14.8. The maximum Gasteiger partial charge on any atom is 0.306 e. The number of carbonyl (C=O) groups excluding carboxylic acids is 2. The van der Waals surface area contributed by atoms with E-state index in [4.69, 9.17) is 13.8 Å². The van der Waals surface area contributed by atoms with E-state index in [-0.39, 0.29) is 31.5 Å². The van der Waals surface area contributed by atoms with Crippen molar-refractivity contribution < 1.29 is 37.3 Å². The van der Waals surface area contributed by atoms with Crippen LogP contribution in [0.5, 0.6) is 0 Å². The van der Waals surface area contributed by atoms with Crippen LogP contribution in [0.15, 0.2) is 24.3 Å². The van der Waals surface area contributed by atoms with E-state index in [0.717, 1.165) is 64.2 Å². The number of nitrogens with zero attached hydrogens (tertiary/aromatic N) is 1. The SMILES string of the molecule is CCCCCCCCC/C=C\CCCCCC(=O)OC(/C=C/CCCCCCCCCCCC)C(COP(=O)([O-])OCC[N+](C)(C)C)NC(=O)CCCCCCCCCCCCC. The number of phosphoric acid groups is 1. The zero-order chi connectivity index (χ0) is 46.5. The lowest BCUT2D eigenvalue weighted by atomic mass is 10.0. The van der Waals surface area contributed by atoms with Crippen LogP contribution in [0.2, 0.25) is 0 Å². The van der Waals surface area contributed by atoms with E-state index in [1.165, 1.54) is 148 Å². The summed E-state index contributed by atoms with van der Waals surface area (Å²) in [5.74, 6) is -0.553. The molecule has 1 N–H and O–H groups in total. The quantitative estimate of drug-likeness (QED) is 0.0213. The first-order valence-corrected chi connectivity index (χ1v) is 28.1. The number of unbranched alkanes of at least 4 members (excludes halogenated alkanes) is 30. The monoisotopic (exact) mass is 911 g/mol. The van der Waals surface area contributed by atoms with E-state index in [9.17, 15) is 19.0 Å². The second kappa shape index (κ2) is 44.3. The fourth-order valence-corrected chi connectivity index (χ4v) is 8.42. The van der Waals surface area contributed by atoms with Crippen LogP contribution in [0.4, 0.5) is 0 Å². The number of phosphoric ester groups is 1. The maximum absolute atomic E-state index is 13.4. The third-order valence-corrected chi connectivity index (χ3v) is 12.8. The largest absolute Gasteiger partial charge is 0.756 e. The highest BCUT2D eigenvalue weighted by Crippen LogP contribution is 2.38. The van der Waals surface area contributed by atoms with E-state index < -0.39 is 20.0 Å². The number of esters is 1. The highest BCUT2D eigenvalue weighted by molar-refractivity contribution is 7.45. The van der Waals surface area contributed by atoms with Gasteiger partial charge in [0, 0.05) is 12.8 Å². The Labute approximate surface area is 390 Å². The van der Waals surface area contributed by atoms with Crippen LogP contribution in [0.25, 0.3) is 0 Å². The predicted molar refractivity (Wildman–Crippen MR) is 266 cm³/mol. The van der Waals surface area contributed by atoms with Gasteiger partial charge in [-0.15, -0.1) is 0 Å². The van der Waals surface area contributed by atoms with Crippen molar-refractivity contribution in [1.29, 1.82) is 0 Å². The summed E-state index contributed by atoms with van der Waals surface area (Å²) in [6.07, 6.45) is 48.5. The molecule has 0 aromatic rings. The summed E-state index contributed by atoms with van der Waals surface area (Å²) in [4.78, 5) is 39.6. The van der Waals surface area contributed by atoms with Gasteiger partial charge in [0.1, 0.15) is 19.3 Å². The Morgan fingerprint density at radius 3 is 1.37 bits per heavy atom. The van der Waals surface area contributed by atoms with Gasteiger partial charge in [0.15, 0.2) is 0 Å². The molecule has 3 unspecified atom stereocenters. The van der Waals surface area contributed by atoms with Gasteiger partial charge in [-0.1, -0.05) is 206 Å². The molecule has 0 aliphatic carbocycles. The second-order valence-corrected chi connectivity index (χ2v) is 20.8. The number of likely N-dealkylation sites (N-methyl/N-ethyl adjacent to an activating group) is 1. The van der Waals surface area contributed by atoms with Crippen LogP contribution in [0, 0.1) is 0 Å². The molecule has 0 heterocycles. The number of nitrogens with one attached hydrogen (secondary N) is 1. The summed E-state index contributed by atoms with van der Waals surface area (Å²) in [5, 5.41) is 3.01. The van der Waals surface area contributed by atoms with Crippen LogP contribution in [-0.2, 0) is 27.9 Å². The molecule has 0 bridgehead atoms. The minimum atomic E-state index is -4.68. The lowest BCUT2D eigenvalue weighted by Gasteiger charge is -2.30. The molecule has 9 nitrogen and oxygen atoms in total. The van der Waals surface area contributed by atoms with Gasteiger partial charge < -0.3 is 28.5 Å². The summed E-state index contributed by atoms with van der Waals surface area (Å²) in [7, 11) is 1.19.